The Bertz CT molecular complexity index is 528. The Kier molecular flexibility index (Phi) is 5.56. The molecule has 0 atom stereocenters. The molecule has 1 N–H and O–H groups in total. The van der Waals surface area contributed by atoms with Crippen LogP contribution >= 0.6 is 0 Å². The van der Waals surface area contributed by atoms with E-state index in [1.165, 1.54) is 5.56 Å². The number of aromatic amines is 1. The van der Waals surface area contributed by atoms with Crippen molar-refractivity contribution in [1.82, 2.24) is 14.9 Å². The largest absolute Gasteiger partial charge is 0.348 e. The molecule has 0 radical (unpaired) electrons. The average molecular weight is 269 g/mol. The second kappa shape index (κ2) is 7.65. The molecule has 20 heavy (non-hydrogen) atoms. The summed E-state index contributed by atoms with van der Waals surface area (Å²) in [4.78, 5) is 9.94. The molecule has 0 spiro atoms. The lowest BCUT2D eigenvalue weighted by atomic mass is 10.2. The maximum atomic E-state index is 4.38. The third kappa shape index (κ3) is 4.35. The molecule has 1 aromatic heterocycles. The van der Waals surface area contributed by atoms with Gasteiger partial charge in [0, 0.05) is 18.8 Å². The van der Waals surface area contributed by atoms with Gasteiger partial charge in [-0.1, -0.05) is 49.4 Å². The van der Waals surface area contributed by atoms with Crippen LogP contribution in [0.15, 0.2) is 42.7 Å². The van der Waals surface area contributed by atoms with Crippen LogP contribution in [0.25, 0.3) is 6.08 Å². The lowest BCUT2D eigenvalue weighted by molar-refractivity contribution is 0.292. The molecule has 0 amide bonds. The molecule has 3 nitrogen and oxygen atoms in total. The number of H-pyrrole nitrogens is 1. The van der Waals surface area contributed by atoms with E-state index in [1.54, 1.807) is 6.33 Å². The first kappa shape index (κ1) is 14.5. The van der Waals surface area contributed by atoms with Crippen molar-refractivity contribution in [3.8, 4) is 0 Å². The maximum absolute atomic E-state index is 4.38. The van der Waals surface area contributed by atoms with Crippen LogP contribution in [0, 0.1) is 6.92 Å². The molecular weight excluding hydrogens is 246 g/mol. The first-order valence-corrected chi connectivity index (χ1v) is 7.22. The molecular formula is C17H23N3. The first-order valence-electron chi connectivity index (χ1n) is 7.22. The van der Waals surface area contributed by atoms with E-state index in [-0.39, 0.29) is 0 Å². The van der Waals surface area contributed by atoms with E-state index in [9.17, 15) is 0 Å². The average Bonchev–Trinajstić information content (AvgIpc) is 2.86. The molecule has 0 saturated heterocycles. The highest BCUT2D eigenvalue weighted by molar-refractivity contribution is 5.48. The van der Waals surface area contributed by atoms with Crippen molar-refractivity contribution in [3.05, 3.63) is 59.7 Å². The first-order chi connectivity index (χ1) is 9.79. The van der Waals surface area contributed by atoms with Gasteiger partial charge in [-0.05, 0) is 25.5 Å². The van der Waals surface area contributed by atoms with Crippen molar-refractivity contribution in [2.24, 2.45) is 0 Å². The Morgan fingerprint density at radius 2 is 2.05 bits per heavy atom. The summed E-state index contributed by atoms with van der Waals surface area (Å²) in [5.74, 6) is 0. The number of hydrogen-bond donors (Lipinski definition) is 1. The lowest BCUT2D eigenvalue weighted by Gasteiger charge is -2.19. The van der Waals surface area contributed by atoms with Crippen LogP contribution in [-0.2, 0) is 6.54 Å². The molecule has 2 aromatic rings. The molecule has 1 aromatic carbocycles. The number of nitrogens with zero attached hydrogens (tertiary/aromatic N) is 2. The second-order valence-electron chi connectivity index (χ2n) is 5.02. The monoisotopic (exact) mass is 269 g/mol. The van der Waals surface area contributed by atoms with Gasteiger partial charge in [0.1, 0.15) is 0 Å². The van der Waals surface area contributed by atoms with Gasteiger partial charge in [-0.25, -0.2) is 4.98 Å². The fourth-order valence-corrected chi connectivity index (χ4v) is 2.21. The van der Waals surface area contributed by atoms with Gasteiger partial charge in [-0.2, -0.15) is 0 Å². The highest BCUT2D eigenvalue weighted by atomic mass is 15.1. The zero-order valence-electron chi connectivity index (χ0n) is 12.3. The van der Waals surface area contributed by atoms with E-state index in [2.05, 4.69) is 65.1 Å². The van der Waals surface area contributed by atoms with Crippen LogP contribution in [0.4, 0.5) is 0 Å². The van der Waals surface area contributed by atoms with E-state index in [0.717, 1.165) is 37.4 Å². The molecule has 0 unspecified atom stereocenters. The quantitative estimate of drug-likeness (QED) is 0.832. The van der Waals surface area contributed by atoms with E-state index >= 15 is 0 Å². The highest BCUT2D eigenvalue weighted by Gasteiger charge is 2.07. The molecule has 0 saturated carbocycles. The Balaban J connectivity index is 1.92. The van der Waals surface area contributed by atoms with Crippen LogP contribution < -0.4 is 0 Å². The van der Waals surface area contributed by atoms with Crippen molar-refractivity contribution in [3.63, 3.8) is 0 Å². The van der Waals surface area contributed by atoms with Crippen LogP contribution in [0.3, 0.4) is 0 Å². The molecule has 3 heteroatoms. The number of hydrogen-bond acceptors (Lipinski definition) is 2. The van der Waals surface area contributed by atoms with Crippen molar-refractivity contribution in [1.29, 1.82) is 0 Å². The molecule has 0 aliphatic rings. The number of imidazole rings is 1. The van der Waals surface area contributed by atoms with E-state index in [4.69, 9.17) is 0 Å². The fourth-order valence-electron chi connectivity index (χ4n) is 2.21. The Morgan fingerprint density at radius 3 is 2.70 bits per heavy atom. The summed E-state index contributed by atoms with van der Waals surface area (Å²) in [5.41, 5.74) is 3.56. The summed E-state index contributed by atoms with van der Waals surface area (Å²) in [6.07, 6.45) is 7.34. The van der Waals surface area contributed by atoms with Crippen LogP contribution in [0.2, 0.25) is 0 Å². The van der Waals surface area contributed by atoms with Crippen LogP contribution in [0.1, 0.15) is 30.3 Å². The van der Waals surface area contributed by atoms with E-state index in [0.29, 0.717) is 0 Å². The zero-order chi connectivity index (χ0) is 14.2. The summed E-state index contributed by atoms with van der Waals surface area (Å²) in [6, 6.07) is 10.4. The standard InChI is InChI=1S/C17H23N3/c1-3-11-20(13-17-15(2)18-14-19-17)12-7-10-16-8-5-4-6-9-16/h4-10,14H,3,11-13H2,1-2H3,(H,18,19). The van der Waals surface area contributed by atoms with Crippen molar-refractivity contribution >= 4 is 6.08 Å². The minimum absolute atomic E-state index is 0.905. The van der Waals surface area contributed by atoms with Gasteiger partial charge in [0.05, 0.1) is 12.0 Å². The zero-order valence-corrected chi connectivity index (χ0v) is 12.3. The highest BCUT2D eigenvalue weighted by Crippen LogP contribution is 2.07. The summed E-state index contributed by atoms with van der Waals surface area (Å²) < 4.78 is 0. The van der Waals surface area contributed by atoms with Gasteiger partial charge in [0.15, 0.2) is 0 Å². The van der Waals surface area contributed by atoms with Crippen molar-refractivity contribution < 1.29 is 0 Å². The van der Waals surface area contributed by atoms with Gasteiger partial charge in [0.25, 0.3) is 0 Å². The predicted molar refractivity (Wildman–Crippen MR) is 84.4 cm³/mol. The molecule has 0 fully saturated rings. The summed E-state index contributed by atoms with van der Waals surface area (Å²) in [6.45, 7) is 7.24. The molecule has 106 valence electrons. The minimum Gasteiger partial charge on any atom is -0.348 e. The molecule has 0 aliphatic carbocycles. The lowest BCUT2D eigenvalue weighted by Crippen LogP contribution is -2.24. The number of rotatable bonds is 7. The molecule has 1 heterocycles. The smallest absolute Gasteiger partial charge is 0.0925 e. The summed E-state index contributed by atoms with van der Waals surface area (Å²) in [5, 5.41) is 0. The second-order valence-corrected chi connectivity index (χ2v) is 5.02. The minimum atomic E-state index is 0.905. The van der Waals surface area contributed by atoms with Crippen molar-refractivity contribution in [2.45, 2.75) is 26.8 Å². The van der Waals surface area contributed by atoms with Gasteiger partial charge in [-0.15, -0.1) is 0 Å². The number of benzene rings is 1. The van der Waals surface area contributed by atoms with E-state index < -0.39 is 0 Å². The normalized spacial score (nSPS) is 11.6. The Hall–Kier alpha value is -1.87. The number of nitrogens with one attached hydrogen (secondary N) is 1. The predicted octanol–water partition coefficient (Wildman–Crippen LogP) is 3.64. The molecule has 0 aliphatic heterocycles. The third-order valence-corrected chi connectivity index (χ3v) is 3.32. The van der Waals surface area contributed by atoms with Crippen molar-refractivity contribution in [2.75, 3.05) is 13.1 Å². The summed E-state index contributed by atoms with van der Waals surface area (Å²) in [7, 11) is 0. The number of aromatic nitrogens is 2. The maximum Gasteiger partial charge on any atom is 0.0925 e. The van der Waals surface area contributed by atoms with Gasteiger partial charge in [0.2, 0.25) is 0 Å². The summed E-state index contributed by atoms with van der Waals surface area (Å²) >= 11 is 0. The third-order valence-electron chi connectivity index (χ3n) is 3.32. The fraction of sp³-hybridized carbons (Fsp3) is 0.353. The number of aryl methyl sites for hydroxylation is 1. The Labute approximate surface area is 121 Å². The topological polar surface area (TPSA) is 31.9 Å². The molecule has 2 rings (SSSR count). The van der Waals surface area contributed by atoms with Gasteiger partial charge < -0.3 is 4.98 Å². The van der Waals surface area contributed by atoms with Crippen LogP contribution in [-0.4, -0.2) is 28.0 Å². The van der Waals surface area contributed by atoms with Gasteiger partial charge >= 0.3 is 0 Å². The Morgan fingerprint density at radius 1 is 1.25 bits per heavy atom. The van der Waals surface area contributed by atoms with Gasteiger partial charge in [-0.3, -0.25) is 4.90 Å². The van der Waals surface area contributed by atoms with E-state index in [1.807, 2.05) is 6.07 Å². The van der Waals surface area contributed by atoms with Crippen LogP contribution in [0.5, 0.6) is 0 Å². The molecule has 0 bridgehead atoms. The SMILES string of the molecule is CCCN(CC=Cc1ccccc1)Cc1nc[nH]c1C.